The Morgan fingerprint density at radius 3 is 2.96 bits per heavy atom. The van der Waals surface area contributed by atoms with Gasteiger partial charge in [0, 0.05) is 57.6 Å². The lowest BCUT2D eigenvalue weighted by atomic mass is 10.2. The summed E-state index contributed by atoms with van der Waals surface area (Å²) in [6.07, 6.45) is 7.55. The Hall–Kier alpha value is -2.05. The molecule has 1 aliphatic heterocycles. The highest BCUT2D eigenvalue weighted by atomic mass is 16.2. The maximum Gasteiger partial charge on any atom is 0.225 e. The molecule has 2 rings (SSSR count). The van der Waals surface area contributed by atoms with Crippen LogP contribution in [0.3, 0.4) is 0 Å². The van der Waals surface area contributed by atoms with Crippen LogP contribution in [-0.2, 0) is 11.3 Å². The third-order valence-electron chi connectivity index (χ3n) is 4.00. The molecule has 1 unspecified atom stereocenters. The normalized spacial score (nSPS) is 18.5. The summed E-state index contributed by atoms with van der Waals surface area (Å²) >= 11 is 0. The Bertz CT molecular complexity index is 511. The molecule has 7 heteroatoms. The third-order valence-corrected chi connectivity index (χ3v) is 4.00. The van der Waals surface area contributed by atoms with Crippen LogP contribution in [0.25, 0.3) is 0 Å². The van der Waals surface area contributed by atoms with Crippen LogP contribution >= 0.6 is 0 Å². The second-order valence-electron chi connectivity index (χ2n) is 6.22. The topological polar surface area (TPSA) is 74.6 Å². The molecule has 1 atom stereocenters. The van der Waals surface area contributed by atoms with Crippen LogP contribution in [0.4, 0.5) is 0 Å². The molecule has 1 saturated heterocycles. The number of hydrogen-bond donors (Lipinski definition) is 2. The van der Waals surface area contributed by atoms with Crippen molar-refractivity contribution in [2.24, 2.45) is 10.9 Å². The zero-order chi connectivity index (χ0) is 16.7. The van der Waals surface area contributed by atoms with Gasteiger partial charge in [0.15, 0.2) is 5.96 Å². The van der Waals surface area contributed by atoms with Crippen LogP contribution < -0.4 is 10.6 Å². The third kappa shape index (κ3) is 5.26. The van der Waals surface area contributed by atoms with E-state index in [4.69, 9.17) is 0 Å². The van der Waals surface area contributed by atoms with Crippen molar-refractivity contribution in [3.63, 3.8) is 0 Å². The van der Waals surface area contributed by atoms with Gasteiger partial charge in [0.05, 0.1) is 6.33 Å². The zero-order valence-corrected chi connectivity index (χ0v) is 14.3. The van der Waals surface area contributed by atoms with E-state index < -0.39 is 0 Å². The van der Waals surface area contributed by atoms with Crippen molar-refractivity contribution in [1.82, 2.24) is 25.1 Å². The highest BCUT2D eigenvalue weighted by Gasteiger charge is 2.27. The number of amides is 1. The number of imidazole rings is 1. The number of aromatic nitrogens is 2. The minimum atomic E-state index is 0.0642. The zero-order valence-electron chi connectivity index (χ0n) is 14.3. The Morgan fingerprint density at radius 2 is 2.30 bits per heavy atom. The first-order chi connectivity index (χ1) is 11.1. The Morgan fingerprint density at radius 1 is 1.48 bits per heavy atom. The molecule has 0 saturated carbocycles. The maximum absolute atomic E-state index is 12.0. The van der Waals surface area contributed by atoms with Gasteiger partial charge in [-0.15, -0.1) is 0 Å². The van der Waals surface area contributed by atoms with Gasteiger partial charge in [-0.25, -0.2) is 4.98 Å². The van der Waals surface area contributed by atoms with Crippen molar-refractivity contribution in [1.29, 1.82) is 0 Å². The van der Waals surface area contributed by atoms with Gasteiger partial charge in [0.1, 0.15) is 0 Å². The second-order valence-corrected chi connectivity index (χ2v) is 6.22. The number of carbonyl (C=O) groups is 1. The molecule has 1 aromatic rings. The summed E-state index contributed by atoms with van der Waals surface area (Å²) in [5.74, 6) is 1.10. The number of carbonyl (C=O) groups excluding carboxylic acids is 1. The Labute approximate surface area is 138 Å². The summed E-state index contributed by atoms with van der Waals surface area (Å²) in [5.41, 5.74) is 0. The maximum atomic E-state index is 12.0. The lowest BCUT2D eigenvalue weighted by Crippen LogP contribution is -2.45. The Balaban J connectivity index is 1.68. The number of likely N-dealkylation sites (tertiary alicyclic amines) is 1. The highest BCUT2D eigenvalue weighted by Crippen LogP contribution is 2.12. The van der Waals surface area contributed by atoms with Gasteiger partial charge < -0.3 is 20.1 Å². The van der Waals surface area contributed by atoms with Crippen LogP contribution in [-0.4, -0.2) is 59.0 Å². The predicted molar refractivity (Wildman–Crippen MR) is 91.2 cm³/mol. The van der Waals surface area contributed by atoms with Gasteiger partial charge in [-0.3, -0.25) is 9.79 Å². The number of aryl methyl sites for hydroxylation is 1. The number of nitrogens with zero attached hydrogens (tertiary/aromatic N) is 4. The molecule has 1 aromatic heterocycles. The van der Waals surface area contributed by atoms with E-state index in [1.807, 2.05) is 31.3 Å². The minimum Gasteiger partial charge on any atom is -0.356 e. The van der Waals surface area contributed by atoms with Crippen molar-refractivity contribution >= 4 is 11.9 Å². The molecule has 1 aliphatic rings. The van der Waals surface area contributed by atoms with E-state index in [1.54, 1.807) is 13.2 Å². The second kappa shape index (κ2) is 8.55. The van der Waals surface area contributed by atoms with E-state index in [2.05, 4.69) is 25.2 Å². The summed E-state index contributed by atoms with van der Waals surface area (Å²) in [4.78, 5) is 22.2. The fourth-order valence-electron chi connectivity index (χ4n) is 2.72. The molecular weight excluding hydrogens is 292 g/mol. The van der Waals surface area contributed by atoms with Crippen LogP contribution in [0.15, 0.2) is 23.7 Å². The molecule has 1 fully saturated rings. The summed E-state index contributed by atoms with van der Waals surface area (Å²) in [7, 11) is 1.77. The average Bonchev–Trinajstić information content (AvgIpc) is 3.21. The van der Waals surface area contributed by atoms with Crippen LogP contribution in [0.1, 0.15) is 26.7 Å². The molecule has 0 radical (unpaired) electrons. The van der Waals surface area contributed by atoms with Crippen molar-refractivity contribution in [3.05, 3.63) is 18.7 Å². The van der Waals surface area contributed by atoms with Crippen molar-refractivity contribution in [2.75, 3.05) is 26.7 Å². The highest BCUT2D eigenvalue weighted by molar-refractivity contribution is 5.81. The van der Waals surface area contributed by atoms with Gasteiger partial charge in [-0.2, -0.15) is 0 Å². The van der Waals surface area contributed by atoms with E-state index in [0.717, 1.165) is 45.0 Å². The molecule has 2 N–H and O–H groups in total. The first kappa shape index (κ1) is 17.3. The van der Waals surface area contributed by atoms with E-state index in [1.165, 1.54) is 0 Å². The van der Waals surface area contributed by atoms with E-state index in [9.17, 15) is 4.79 Å². The van der Waals surface area contributed by atoms with Gasteiger partial charge in [0.2, 0.25) is 5.91 Å². The fourth-order valence-corrected chi connectivity index (χ4v) is 2.72. The molecule has 0 spiro atoms. The van der Waals surface area contributed by atoms with Crippen molar-refractivity contribution in [3.8, 4) is 0 Å². The molecule has 0 aromatic carbocycles. The summed E-state index contributed by atoms with van der Waals surface area (Å²) < 4.78 is 2.06. The van der Waals surface area contributed by atoms with E-state index in [-0.39, 0.29) is 17.9 Å². The van der Waals surface area contributed by atoms with E-state index >= 15 is 0 Å². The van der Waals surface area contributed by atoms with Gasteiger partial charge in [0.25, 0.3) is 0 Å². The van der Waals surface area contributed by atoms with Crippen LogP contribution in [0.5, 0.6) is 0 Å². The van der Waals surface area contributed by atoms with Gasteiger partial charge in [-0.05, 0) is 12.8 Å². The molecule has 2 heterocycles. The van der Waals surface area contributed by atoms with Crippen molar-refractivity contribution < 1.29 is 4.79 Å². The average molecular weight is 320 g/mol. The Kier molecular flexibility index (Phi) is 6.43. The predicted octanol–water partition coefficient (Wildman–Crippen LogP) is 0.695. The quantitative estimate of drug-likeness (QED) is 0.459. The molecule has 0 aliphatic carbocycles. The number of rotatable bonds is 6. The number of nitrogens with one attached hydrogen (secondary N) is 2. The summed E-state index contributed by atoms with van der Waals surface area (Å²) in [5, 5.41) is 6.74. The first-order valence-corrected chi connectivity index (χ1v) is 8.32. The first-order valence-electron chi connectivity index (χ1n) is 8.32. The number of hydrogen-bond acceptors (Lipinski definition) is 3. The smallest absolute Gasteiger partial charge is 0.225 e. The molecular formula is C16H28N6O. The monoisotopic (exact) mass is 320 g/mol. The number of guanidine groups is 1. The lowest BCUT2D eigenvalue weighted by Gasteiger charge is -2.20. The minimum absolute atomic E-state index is 0.0642. The molecule has 7 nitrogen and oxygen atoms in total. The summed E-state index contributed by atoms with van der Waals surface area (Å²) in [6, 6.07) is 0.276. The standard InChI is InChI=1S/C16H28N6O/c1-13(2)15(23)22-9-5-14(11-22)20-16(17-3)19-6-4-8-21-10-7-18-12-21/h7,10,12-14H,4-6,8-9,11H2,1-3H3,(H2,17,19,20). The largest absolute Gasteiger partial charge is 0.356 e. The van der Waals surface area contributed by atoms with Crippen LogP contribution in [0.2, 0.25) is 0 Å². The summed E-state index contributed by atoms with van der Waals surface area (Å²) in [6.45, 7) is 7.26. The molecule has 128 valence electrons. The van der Waals surface area contributed by atoms with E-state index in [0.29, 0.717) is 0 Å². The lowest BCUT2D eigenvalue weighted by molar-refractivity contribution is -0.133. The molecule has 1 amide bonds. The fraction of sp³-hybridized carbons (Fsp3) is 0.688. The molecule has 0 bridgehead atoms. The van der Waals surface area contributed by atoms with Crippen LogP contribution in [0, 0.1) is 5.92 Å². The molecule has 23 heavy (non-hydrogen) atoms. The SMILES string of the molecule is CN=C(NCCCn1ccnc1)NC1CCN(C(=O)C(C)C)C1. The van der Waals surface area contributed by atoms with Gasteiger partial charge in [-0.1, -0.05) is 13.8 Å². The van der Waals surface area contributed by atoms with Crippen molar-refractivity contribution in [2.45, 2.75) is 39.3 Å². The number of aliphatic imine (C=N–C) groups is 1. The van der Waals surface area contributed by atoms with Gasteiger partial charge >= 0.3 is 0 Å².